The lowest BCUT2D eigenvalue weighted by atomic mass is 9.84. The number of carbonyl (C=O) groups excluding carboxylic acids is 2. The van der Waals surface area contributed by atoms with Crippen LogP contribution in [0.3, 0.4) is 0 Å². The van der Waals surface area contributed by atoms with Crippen LogP contribution in [0.15, 0.2) is 60.7 Å². The number of fused-ring (bicyclic) bond motifs is 3. The van der Waals surface area contributed by atoms with Gasteiger partial charge in [0, 0.05) is 11.0 Å². The highest BCUT2D eigenvalue weighted by molar-refractivity contribution is 7.98. The van der Waals surface area contributed by atoms with E-state index >= 15 is 0 Å². The average molecular weight is 599 g/mol. The maximum Gasteiger partial charge on any atom is 0.311 e. The lowest BCUT2D eigenvalue weighted by Crippen LogP contribution is -2.64. The Balaban J connectivity index is 1.41. The Morgan fingerprint density at radius 2 is 1.24 bits per heavy atom. The molecule has 42 heavy (non-hydrogen) atoms. The normalized spacial score (nSPS) is 30.2. The first-order chi connectivity index (χ1) is 19.7. The van der Waals surface area contributed by atoms with Crippen molar-refractivity contribution in [2.24, 2.45) is 5.41 Å². The highest BCUT2D eigenvalue weighted by Gasteiger charge is 2.66. The van der Waals surface area contributed by atoms with E-state index in [-0.39, 0.29) is 11.7 Å². The van der Waals surface area contributed by atoms with Crippen molar-refractivity contribution in [3.8, 4) is 0 Å². The van der Waals surface area contributed by atoms with Crippen molar-refractivity contribution in [3.63, 3.8) is 0 Å². The fourth-order valence-electron chi connectivity index (χ4n) is 5.66. The van der Waals surface area contributed by atoms with E-state index in [1.807, 2.05) is 62.4 Å². The van der Waals surface area contributed by atoms with E-state index in [0.717, 1.165) is 11.3 Å². The van der Waals surface area contributed by atoms with Gasteiger partial charge in [0.1, 0.15) is 24.4 Å². The Labute approximate surface area is 252 Å². The quantitative estimate of drug-likeness (QED) is 0.341. The molecule has 7 atom stereocenters. The largest absolute Gasteiger partial charge is 0.455 e. The molecule has 0 N–H and O–H groups in total. The van der Waals surface area contributed by atoms with Crippen LogP contribution in [0, 0.1) is 5.41 Å². The van der Waals surface area contributed by atoms with Gasteiger partial charge in [0.05, 0.1) is 11.8 Å². The van der Waals surface area contributed by atoms with Crippen molar-refractivity contribution in [3.05, 3.63) is 71.8 Å². The molecule has 1 aliphatic carbocycles. The molecule has 2 aromatic carbocycles. The smallest absolute Gasteiger partial charge is 0.311 e. The van der Waals surface area contributed by atoms with Crippen molar-refractivity contribution >= 4 is 23.7 Å². The van der Waals surface area contributed by atoms with Crippen molar-refractivity contribution in [1.29, 1.82) is 0 Å². The Hall–Kier alpha value is -2.43. The lowest BCUT2D eigenvalue weighted by Gasteiger charge is -2.42. The summed E-state index contributed by atoms with van der Waals surface area (Å²) in [6, 6.07) is 20.1. The van der Waals surface area contributed by atoms with Gasteiger partial charge in [-0.15, -0.1) is 11.8 Å². The zero-order valence-electron chi connectivity index (χ0n) is 25.4. The zero-order chi connectivity index (χ0) is 30.3. The summed E-state index contributed by atoms with van der Waals surface area (Å²) in [5.41, 5.74) is 1.42. The van der Waals surface area contributed by atoms with Gasteiger partial charge < -0.3 is 28.4 Å². The standard InChI is InChI=1S/C33H42O8S/c1-31(2,3)30(35)37-25-24(26-28(40-32(4,5)38-26)29-27(25)39-33(6,7)41-29)36-23(34)18-22(21-16-12-9-13-17-21)42-19-20-14-10-8-11-15-20/h8-17,22,24-29H,18-19H2,1-7H3/t22-,24+,25+,26-,27-,28-,29-/m1/s1. The molecule has 2 aromatic rings. The number of carbonyl (C=O) groups is 2. The Morgan fingerprint density at radius 3 is 1.76 bits per heavy atom. The highest BCUT2D eigenvalue weighted by Crippen LogP contribution is 2.47. The third-order valence-corrected chi connectivity index (χ3v) is 8.90. The Bertz CT molecular complexity index is 1240. The minimum Gasteiger partial charge on any atom is -0.455 e. The zero-order valence-corrected chi connectivity index (χ0v) is 26.2. The topological polar surface area (TPSA) is 89.5 Å². The van der Waals surface area contributed by atoms with Crippen LogP contribution in [-0.4, -0.2) is 60.1 Å². The first kappa shape index (κ1) is 31.0. The van der Waals surface area contributed by atoms with E-state index in [1.54, 1.807) is 46.4 Å². The maximum absolute atomic E-state index is 13.8. The fraction of sp³-hybridized carbons (Fsp3) is 0.576. The number of esters is 2. The molecule has 9 heteroatoms. The number of thioether (sulfide) groups is 1. The molecular formula is C33H42O8S. The van der Waals surface area contributed by atoms with Gasteiger partial charge in [0.25, 0.3) is 0 Å². The molecule has 8 nitrogen and oxygen atoms in total. The molecule has 0 unspecified atom stereocenters. The molecule has 228 valence electrons. The second kappa shape index (κ2) is 11.9. The predicted octanol–water partition coefficient (Wildman–Crippen LogP) is 5.97. The molecule has 1 saturated carbocycles. The highest BCUT2D eigenvalue weighted by atomic mass is 32.2. The summed E-state index contributed by atoms with van der Waals surface area (Å²) in [7, 11) is 0. The van der Waals surface area contributed by atoms with Crippen LogP contribution in [0.1, 0.15) is 71.3 Å². The number of hydrogen-bond donors (Lipinski definition) is 0. The summed E-state index contributed by atoms with van der Waals surface area (Å²) in [6.45, 7) is 12.6. The van der Waals surface area contributed by atoms with Gasteiger partial charge in [-0.05, 0) is 59.6 Å². The summed E-state index contributed by atoms with van der Waals surface area (Å²) < 4.78 is 37.4. The van der Waals surface area contributed by atoms with Crippen molar-refractivity contribution in [2.45, 2.75) is 114 Å². The maximum atomic E-state index is 13.8. The molecule has 0 amide bonds. The van der Waals surface area contributed by atoms with E-state index in [2.05, 4.69) is 12.1 Å². The molecule has 0 radical (unpaired) electrons. The minimum atomic E-state index is -0.957. The summed E-state index contributed by atoms with van der Waals surface area (Å²) in [5, 5.41) is -0.149. The third-order valence-electron chi connectivity index (χ3n) is 7.56. The second-order valence-electron chi connectivity index (χ2n) is 13.1. The van der Waals surface area contributed by atoms with E-state index in [0.29, 0.717) is 0 Å². The minimum absolute atomic E-state index is 0.122. The predicted molar refractivity (Wildman–Crippen MR) is 158 cm³/mol. The summed E-state index contributed by atoms with van der Waals surface area (Å²) in [4.78, 5) is 26.9. The van der Waals surface area contributed by atoms with Gasteiger partial charge in [0.2, 0.25) is 0 Å². The van der Waals surface area contributed by atoms with Gasteiger partial charge >= 0.3 is 11.9 Å². The lowest BCUT2D eigenvalue weighted by molar-refractivity contribution is -0.214. The number of hydrogen-bond acceptors (Lipinski definition) is 9. The van der Waals surface area contributed by atoms with E-state index in [9.17, 15) is 9.59 Å². The first-order valence-electron chi connectivity index (χ1n) is 14.5. The molecule has 2 heterocycles. The van der Waals surface area contributed by atoms with Crippen molar-refractivity contribution < 1.29 is 38.0 Å². The number of benzene rings is 2. The van der Waals surface area contributed by atoms with E-state index in [1.165, 1.54) is 5.56 Å². The average Bonchev–Trinajstić information content (AvgIpc) is 3.43. The van der Waals surface area contributed by atoms with Gasteiger partial charge in [-0.25, -0.2) is 0 Å². The number of ether oxygens (including phenoxy) is 6. The number of rotatable bonds is 8. The van der Waals surface area contributed by atoms with Crippen LogP contribution in [0.25, 0.3) is 0 Å². The summed E-state index contributed by atoms with van der Waals surface area (Å²) >= 11 is 1.68. The van der Waals surface area contributed by atoms with Crippen LogP contribution in [-0.2, 0) is 43.8 Å². The molecule has 2 aliphatic heterocycles. The van der Waals surface area contributed by atoms with Gasteiger partial charge in [-0.3, -0.25) is 9.59 Å². The second-order valence-corrected chi connectivity index (χ2v) is 14.3. The van der Waals surface area contributed by atoms with Crippen LogP contribution in [0.2, 0.25) is 0 Å². The fourth-order valence-corrected chi connectivity index (χ4v) is 6.85. The molecular weight excluding hydrogens is 556 g/mol. The van der Waals surface area contributed by atoms with E-state index in [4.69, 9.17) is 28.4 Å². The molecule has 0 aromatic heterocycles. The summed E-state index contributed by atoms with van der Waals surface area (Å²) in [6.07, 6.45) is -4.35. The SMILES string of the molecule is CC1(C)O[C@H]2[C@@H]3OC(C)(C)O[C@@H]3[C@@H](OC(=O)C(C)(C)C)[C@H](OC(=O)C[C@@H](SCc3ccccc3)c3ccccc3)[C@H]2O1. The van der Waals surface area contributed by atoms with Crippen LogP contribution < -0.4 is 0 Å². The molecule has 0 spiro atoms. The van der Waals surface area contributed by atoms with Gasteiger partial charge in [-0.2, -0.15) is 0 Å². The van der Waals surface area contributed by atoms with Crippen LogP contribution in [0.4, 0.5) is 0 Å². The first-order valence-corrected chi connectivity index (χ1v) is 15.6. The third kappa shape index (κ3) is 7.03. The van der Waals surface area contributed by atoms with Crippen LogP contribution in [0.5, 0.6) is 0 Å². The molecule has 3 fully saturated rings. The molecule has 3 aliphatic rings. The van der Waals surface area contributed by atoms with Crippen molar-refractivity contribution in [2.75, 3.05) is 0 Å². The molecule has 0 bridgehead atoms. The molecule has 2 saturated heterocycles. The Morgan fingerprint density at radius 1 is 0.762 bits per heavy atom. The van der Waals surface area contributed by atoms with Crippen molar-refractivity contribution in [1.82, 2.24) is 0 Å². The molecule has 5 rings (SSSR count). The Kier molecular flexibility index (Phi) is 8.80. The van der Waals surface area contributed by atoms with Gasteiger partial charge in [-0.1, -0.05) is 60.7 Å². The summed E-state index contributed by atoms with van der Waals surface area (Å²) in [5.74, 6) is -2.02. The van der Waals surface area contributed by atoms with Crippen LogP contribution >= 0.6 is 11.8 Å². The van der Waals surface area contributed by atoms with Gasteiger partial charge in [0.15, 0.2) is 23.8 Å². The van der Waals surface area contributed by atoms with E-state index < -0.39 is 65.6 Å². The monoisotopic (exact) mass is 598 g/mol.